The molecule has 0 aliphatic carbocycles. The second-order valence-corrected chi connectivity index (χ2v) is 6.68. The Morgan fingerprint density at radius 3 is 3.26 bits per heavy atom. The van der Waals surface area contributed by atoms with Crippen LogP contribution in [0.5, 0.6) is 0 Å². The average Bonchev–Trinajstić information content (AvgIpc) is 3.32. The fourth-order valence-corrected chi connectivity index (χ4v) is 4.19. The third-order valence-electron chi connectivity index (χ3n) is 4.40. The standard InChI is InChI=1S/C15H17N7S/c1-6-22-11(8-16-1)7-13(19-22)14-17-2-4-20(14)9-12-10-23-15-18-3-5-21(12)15/h2,4,7,10,16H,1,3,5-6,8-9H2. The van der Waals surface area contributed by atoms with Gasteiger partial charge in [0.05, 0.1) is 25.3 Å². The lowest BCUT2D eigenvalue weighted by Crippen LogP contribution is -2.28. The number of aromatic nitrogens is 4. The van der Waals surface area contributed by atoms with Crippen LogP contribution in [-0.4, -0.2) is 49.0 Å². The molecule has 0 bridgehead atoms. The molecule has 2 aromatic heterocycles. The summed E-state index contributed by atoms with van der Waals surface area (Å²) < 4.78 is 4.26. The second kappa shape index (κ2) is 5.24. The molecule has 7 nitrogen and oxygen atoms in total. The number of thioether (sulfide) groups is 1. The quantitative estimate of drug-likeness (QED) is 0.915. The highest BCUT2D eigenvalue weighted by Crippen LogP contribution is 2.31. The molecule has 0 spiro atoms. The zero-order valence-electron chi connectivity index (χ0n) is 12.6. The molecule has 8 heteroatoms. The van der Waals surface area contributed by atoms with Gasteiger partial charge in [-0.15, -0.1) is 0 Å². The molecule has 23 heavy (non-hydrogen) atoms. The highest BCUT2D eigenvalue weighted by Gasteiger charge is 2.27. The van der Waals surface area contributed by atoms with E-state index in [1.165, 1.54) is 11.4 Å². The molecule has 3 aliphatic rings. The van der Waals surface area contributed by atoms with E-state index < -0.39 is 0 Å². The van der Waals surface area contributed by atoms with Gasteiger partial charge in [0.1, 0.15) is 5.69 Å². The SMILES string of the molecule is C1=C(Cn2ccnc2-c2cc3n(n2)CCNC3)N2CCN=C2S1. The average molecular weight is 327 g/mol. The molecule has 2 aromatic rings. The predicted molar refractivity (Wildman–Crippen MR) is 89.8 cm³/mol. The van der Waals surface area contributed by atoms with Crippen LogP contribution in [0.25, 0.3) is 11.5 Å². The summed E-state index contributed by atoms with van der Waals surface area (Å²) in [5.74, 6) is 0.933. The number of fused-ring (bicyclic) bond motifs is 2. The number of rotatable bonds is 3. The van der Waals surface area contributed by atoms with Crippen LogP contribution >= 0.6 is 11.8 Å². The summed E-state index contributed by atoms with van der Waals surface area (Å²) in [7, 11) is 0. The van der Waals surface area contributed by atoms with Gasteiger partial charge in [-0.05, 0) is 6.07 Å². The molecule has 0 fully saturated rings. The molecule has 1 N–H and O–H groups in total. The number of hydrogen-bond donors (Lipinski definition) is 1. The zero-order chi connectivity index (χ0) is 15.2. The fraction of sp³-hybridized carbons (Fsp3) is 0.400. The Balaban J connectivity index is 1.44. The third kappa shape index (κ3) is 2.21. The number of imidazole rings is 1. The van der Waals surface area contributed by atoms with E-state index in [2.05, 4.69) is 40.9 Å². The van der Waals surface area contributed by atoms with Gasteiger partial charge in [0, 0.05) is 43.1 Å². The van der Waals surface area contributed by atoms with Gasteiger partial charge in [-0.25, -0.2) is 4.98 Å². The third-order valence-corrected chi connectivity index (χ3v) is 5.35. The molecule has 0 saturated carbocycles. The van der Waals surface area contributed by atoms with E-state index in [9.17, 15) is 0 Å². The summed E-state index contributed by atoms with van der Waals surface area (Å²) in [4.78, 5) is 11.4. The van der Waals surface area contributed by atoms with E-state index >= 15 is 0 Å². The van der Waals surface area contributed by atoms with Crippen molar-refractivity contribution >= 4 is 16.9 Å². The van der Waals surface area contributed by atoms with Crippen molar-refractivity contribution < 1.29 is 0 Å². The Bertz CT molecular complexity index is 792. The smallest absolute Gasteiger partial charge is 0.168 e. The van der Waals surface area contributed by atoms with Crippen LogP contribution in [0.3, 0.4) is 0 Å². The molecule has 3 aliphatic heterocycles. The maximum atomic E-state index is 4.73. The first-order valence-corrected chi connectivity index (χ1v) is 8.73. The summed E-state index contributed by atoms with van der Waals surface area (Å²) in [6, 6.07) is 2.14. The van der Waals surface area contributed by atoms with Crippen LogP contribution in [0.2, 0.25) is 0 Å². The van der Waals surface area contributed by atoms with Crippen LogP contribution in [-0.2, 0) is 19.6 Å². The van der Waals surface area contributed by atoms with Crippen LogP contribution in [0.4, 0.5) is 0 Å². The van der Waals surface area contributed by atoms with Gasteiger partial charge in [-0.1, -0.05) is 11.8 Å². The molecular weight excluding hydrogens is 310 g/mol. The lowest BCUT2D eigenvalue weighted by molar-refractivity contribution is 0.476. The Kier molecular flexibility index (Phi) is 3.05. The van der Waals surface area contributed by atoms with E-state index in [-0.39, 0.29) is 0 Å². The Hall–Kier alpha value is -2.06. The van der Waals surface area contributed by atoms with E-state index in [4.69, 9.17) is 5.10 Å². The van der Waals surface area contributed by atoms with E-state index in [1.54, 1.807) is 11.8 Å². The summed E-state index contributed by atoms with van der Waals surface area (Å²) in [6.07, 6.45) is 3.89. The summed E-state index contributed by atoms with van der Waals surface area (Å²) in [5.41, 5.74) is 3.47. The minimum Gasteiger partial charge on any atom is -0.324 e. The maximum absolute atomic E-state index is 4.73. The first-order valence-electron chi connectivity index (χ1n) is 7.85. The zero-order valence-corrected chi connectivity index (χ0v) is 13.5. The van der Waals surface area contributed by atoms with Gasteiger partial charge < -0.3 is 14.8 Å². The van der Waals surface area contributed by atoms with Crippen LogP contribution in [0.1, 0.15) is 5.69 Å². The number of nitrogens with zero attached hydrogens (tertiary/aromatic N) is 6. The van der Waals surface area contributed by atoms with Gasteiger partial charge in [0.2, 0.25) is 0 Å². The number of aliphatic imine (C=N–C) groups is 1. The predicted octanol–water partition coefficient (Wildman–Crippen LogP) is 1.11. The number of allylic oxidation sites excluding steroid dienone is 1. The normalized spacial score (nSPS) is 19.6. The summed E-state index contributed by atoms with van der Waals surface area (Å²) in [5, 5.41) is 11.4. The molecule has 0 amide bonds. The van der Waals surface area contributed by atoms with Gasteiger partial charge in [0.25, 0.3) is 0 Å². The first kappa shape index (κ1) is 13.4. The van der Waals surface area contributed by atoms with Gasteiger partial charge in [-0.3, -0.25) is 9.67 Å². The van der Waals surface area contributed by atoms with E-state index in [0.29, 0.717) is 0 Å². The lowest BCUT2D eigenvalue weighted by Gasteiger charge is -2.17. The van der Waals surface area contributed by atoms with Gasteiger partial charge >= 0.3 is 0 Å². The minimum atomic E-state index is 0.807. The topological polar surface area (TPSA) is 63.3 Å². The van der Waals surface area contributed by atoms with Crippen molar-refractivity contribution in [2.75, 3.05) is 19.6 Å². The van der Waals surface area contributed by atoms with E-state index in [1.807, 2.05) is 12.4 Å². The monoisotopic (exact) mass is 327 g/mol. The van der Waals surface area contributed by atoms with Crippen molar-refractivity contribution in [3.05, 3.63) is 35.3 Å². The Labute approximate surface area is 138 Å². The molecule has 0 atom stereocenters. The molecule has 5 rings (SSSR count). The first-order chi connectivity index (χ1) is 11.4. The number of nitrogens with one attached hydrogen (secondary N) is 1. The molecule has 0 saturated heterocycles. The van der Waals surface area contributed by atoms with Crippen molar-refractivity contribution in [2.24, 2.45) is 4.99 Å². The maximum Gasteiger partial charge on any atom is 0.168 e. The highest BCUT2D eigenvalue weighted by atomic mass is 32.2. The van der Waals surface area contributed by atoms with Crippen molar-refractivity contribution in [1.82, 2.24) is 29.5 Å². The second-order valence-electron chi connectivity index (χ2n) is 5.84. The van der Waals surface area contributed by atoms with Crippen molar-refractivity contribution in [3.8, 4) is 11.5 Å². The van der Waals surface area contributed by atoms with Gasteiger partial charge in [-0.2, -0.15) is 5.10 Å². The molecule has 118 valence electrons. The van der Waals surface area contributed by atoms with Crippen molar-refractivity contribution in [3.63, 3.8) is 0 Å². The molecule has 0 radical (unpaired) electrons. The van der Waals surface area contributed by atoms with Crippen molar-refractivity contribution in [1.29, 1.82) is 0 Å². The molecule has 0 aromatic carbocycles. The summed E-state index contributed by atoms with van der Waals surface area (Å²) >= 11 is 1.72. The number of amidine groups is 1. The van der Waals surface area contributed by atoms with Crippen molar-refractivity contribution in [2.45, 2.75) is 19.6 Å². The number of hydrogen-bond acceptors (Lipinski definition) is 6. The molecular formula is C15H17N7S. The minimum absolute atomic E-state index is 0.807. The van der Waals surface area contributed by atoms with E-state index in [0.717, 1.165) is 56.0 Å². The molecule has 0 unspecified atom stereocenters. The largest absolute Gasteiger partial charge is 0.324 e. The van der Waals surface area contributed by atoms with Crippen LogP contribution < -0.4 is 5.32 Å². The van der Waals surface area contributed by atoms with Gasteiger partial charge in [0.15, 0.2) is 11.0 Å². The lowest BCUT2D eigenvalue weighted by atomic mass is 10.3. The Morgan fingerprint density at radius 2 is 2.30 bits per heavy atom. The molecule has 5 heterocycles. The highest BCUT2D eigenvalue weighted by molar-refractivity contribution is 8.16. The summed E-state index contributed by atoms with van der Waals surface area (Å²) in [6.45, 7) is 5.47. The van der Waals surface area contributed by atoms with Crippen LogP contribution in [0.15, 0.2) is 34.6 Å². The Morgan fingerprint density at radius 1 is 1.30 bits per heavy atom. The fourth-order valence-electron chi connectivity index (χ4n) is 3.25. The van der Waals surface area contributed by atoms with Crippen LogP contribution in [0, 0.1) is 0 Å².